The van der Waals surface area contributed by atoms with Crippen LogP contribution in [0.1, 0.15) is 25.8 Å². The molecule has 94 valence electrons. The molecule has 0 aliphatic heterocycles. The Balaban J connectivity index is 2.40. The molecule has 0 radical (unpaired) electrons. The molecule has 0 heterocycles. The smallest absolute Gasteiger partial charge is 0.250 e. The second-order valence-electron chi connectivity index (χ2n) is 4.73. The lowest BCUT2D eigenvalue weighted by Gasteiger charge is -2.17. The molecule has 2 aromatic rings. The van der Waals surface area contributed by atoms with Gasteiger partial charge in [0.1, 0.15) is 0 Å². The number of hydrogen-bond acceptors (Lipinski definition) is 3. The molecule has 0 saturated heterocycles. The van der Waals surface area contributed by atoms with E-state index in [9.17, 15) is 9.59 Å². The van der Waals surface area contributed by atoms with Gasteiger partial charge >= 0.3 is 0 Å². The van der Waals surface area contributed by atoms with Gasteiger partial charge in [0.2, 0.25) is 10.9 Å². The normalized spacial score (nSPS) is 12.6. The quantitative estimate of drug-likeness (QED) is 0.839. The fraction of sp³-hybridized carbons (Fsp3) is 0.333. The second kappa shape index (κ2) is 4.77. The highest BCUT2D eigenvalue weighted by atomic mass is 16.2. The first-order valence-corrected chi connectivity index (χ1v) is 6.21. The second-order valence-corrected chi connectivity index (χ2v) is 4.73. The predicted octanol–water partition coefficient (Wildman–Crippen LogP) is 2.47. The summed E-state index contributed by atoms with van der Waals surface area (Å²) in [6, 6.07) is 7.84. The third-order valence-electron chi connectivity index (χ3n) is 3.25. The number of benzene rings is 1. The zero-order valence-electron chi connectivity index (χ0n) is 10.9. The van der Waals surface area contributed by atoms with E-state index in [-0.39, 0.29) is 11.5 Å². The maximum absolute atomic E-state index is 11.7. The number of rotatable bonds is 4. The molecule has 2 rings (SSSR count). The molecule has 0 bridgehead atoms. The molecular weight excluding hydrogens is 226 g/mol. The minimum absolute atomic E-state index is 0.192. The maximum Gasteiger partial charge on any atom is 0.250 e. The van der Waals surface area contributed by atoms with Crippen molar-refractivity contribution in [3.05, 3.63) is 50.3 Å². The standard InChI is InChI=1S/C15H17NO2/c1-4-10(3)16-13-12(14(17)15(13)18)11-7-5-9(2)6-8-11/h5-8,10,16H,4H2,1-3H3/t10-/m1/s1. The Kier molecular flexibility index (Phi) is 3.32. The molecule has 0 amide bonds. The third kappa shape index (κ3) is 2.08. The minimum Gasteiger partial charge on any atom is -0.379 e. The summed E-state index contributed by atoms with van der Waals surface area (Å²) in [5.41, 5.74) is 2.17. The van der Waals surface area contributed by atoms with Crippen LogP contribution in [0.15, 0.2) is 33.9 Å². The van der Waals surface area contributed by atoms with Gasteiger partial charge < -0.3 is 5.32 Å². The highest BCUT2D eigenvalue weighted by Crippen LogP contribution is 2.24. The summed E-state index contributed by atoms with van der Waals surface area (Å²) in [7, 11) is 0. The van der Waals surface area contributed by atoms with Crippen LogP contribution in [-0.4, -0.2) is 6.04 Å². The molecular formula is C15H17NO2. The van der Waals surface area contributed by atoms with E-state index in [1.807, 2.05) is 45.0 Å². The van der Waals surface area contributed by atoms with Gasteiger partial charge in [-0.3, -0.25) is 9.59 Å². The first-order chi connectivity index (χ1) is 8.54. The largest absolute Gasteiger partial charge is 0.379 e. The lowest BCUT2D eigenvalue weighted by atomic mass is 9.97. The van der Waals surface area contributed by atoms with Crippen molar-refractivity contribution in [1.29, 1.82) is 0 Å². The Hall–Kier alpha value is -1.90. The summed E-state index contributed by atoms with van der Waals surface area (Å²) in [6.45, 7) is 6.02. The van der Waals surface area contributed by atoms with Gasteiger partial charge in [0.25, 0.3) is 0 Å². The van der Waals surface area contributed by atoms with E-state index in [1.165, 1.54) is 0 Å². The summed E-state index contributed by atoms with van der Waals surface area (Å²) in [5.74, 6) is 0. The van der Waals surface area contributed by atoms with Gasteiger partial charge in [-0.25, -0.2) is 0 Å². The van der Waals surface area contributed by atoms with E-state index in [0.29, 0.717) is 11.3 Å². The molecule has 1 N–H and O–H groups in total. The highest BCUT2D eigenvalue weighted by Gasteiger charge is 2.22. The van der Waals surface area contributed by atoms with E-state index in [0.717, 1.165) is 17.5 Å². The van der Waals surface area contributed by atoms with Gasteiger partial charge in [0.15, 0.2) is 0 Å². The highest BCUT2D eigenvalue weighted by molar-refractivity contribution is 5.82. The fourth-order valence-electron chi connectivity index (χ4n) is 1.87. The van der Waals surface area contributed by atoms with Crippen molar-refractivity contribution < 1.29 is 0 Å². The minimum atomic E-state index is -0.397. The third-order valence-corrected chi connectivity index (χ3v) is 3.25. The van der Waals surface area contributed by atoms with Crippen LogP contribution in [0.5, 0.6) is 0 Å². The molecule has 3 heteroatoms. The summed E-state index contributed by atoms with van der Waals surface area (Å²) >= 11 is 0. The Morgan fingerprint density at radius 3 is 2.28 bits per heavy atom. The van der Waals surface area contributed by atoms with E-state index >= 15 is 0 Å². The van der Waals surface area contributed by atoms with Crippen LogP contribution in [0.4, 0.5) is 5.69 Å². The van der Waals surface area contributed by atoms with Crippen molar-refractivity contribution in [2.45, 2.75) is 33.2 Å². The van der Waals surface area contributed by atoms with Crippen LogP contribution in [0.3, 0.4) is 0 Å². The van der Waals surface area contributed by atoms with Gasteiger partial charge in [-0.2, -0.15) is 0 Å². The lowest BCUT2D eigenvalue weighted by Crippen LogP contribution is -2.38. The molecule has 2 aromatic carbocycles. The molecule has 1 atom stereocenters. The van der Waals surface area contributed by atoms with Gasteiger partial charge in [-0.15, -0.1) is 0 Å². The van der Waals surface area contributed by atoms with Crippen molar-refractivity contribution in [2.24, 2.45) is 0 Å². The van der Waals surface area contributed by atoms with Crippen LogP contribution in [-0.2, 0) is 0 Å². The van der Waals surface area contributed by atoms with Gasteiger partial charge in [0, 0.05) is 6.04 Å². The Morgan fingerprint density at radius 2 is 1.72 bits per heavy atom. The number of anilines is 1. The van der Waals surface area contributed by atoms with Gasteiger partial charge in [-0.1, -0.05) is 36.8 Å². The fourth-order valence-corrected chi connectivity index (χ4v) is 1.87. The number of nitrogens with one attached hydrogen (secondary N) is 1. The SMILES string of the molecule is CC[C@@H](C)Nc1c(-c2ccc(C)cc2)c(=O)c1=O. The lowest BCUT2D eigenvalue weighted by molar-refractivity contribution is 0.762. The Bertz CT molecular complexity index is 619. The Labute approximate surface area is 106 Å². The van der Waals surface area contributed by atoms with E-state index in [4.69, 9.17) is 0 Å². The zero-order valence-corrected chi connectivity index (χ0v) is 10.9. The molecule has 0 fully saturated rings. The monoisotopic (exact) mass is 243 g/mol. The Morgan fingerprint density at radius 1 is 1.11 bits per heavy atom. The van der Waals surface area contributed by atoms with Gasteiger partial charge in [-0.05, 0) is 25.8 Å². The van der Waals surface area contributed by atoms with Crippen LogP contribution in [0.25, 0.3) is 11.1 Å². The molecule has 0 unspecified atom stereocenters. The summed E-state index contributed by atoms with van der Waals surface area (Å²) < 4.78 is 0. The van der Waals surface area contributed by atoms with Crippen LogP contribution < -0.4 is 16.2 Å². The van der Waals surface area contributed by atoms with Crippen LogP contribution >= 0.6 is 0 Å². The zero-order chi connectivity index (χ0) is 13.3. The molecule has 0 spiro atoms. The average molecular weight is 243 g/mol. The summed E-state index contributed by atoms with van der Waals surface area (Å²) in [6.07, 6.45) is 0.909. The van der Waals surface area contributed by atoms with Crippen molar-refractivity contribution in [3.63, 3.8) is 0 Å². The molecule has 0 aliphatic carbocycles. The van der Waals surface area contributed by atoms with Crippen molar-refractivity contribution >= 4 is 5.69 Å². The summed E-state index contributed by atoms with van der Waals surface area (Å²) in [5, 5.41) is 3.12. The van der Waals surface area contributed by atoms with Crippen molar-refractivity contribution in [2.75, 3.05) is 5.32 Å². The summed E-state index contributed by atoms with van der Waals surface area (Å²) in [4.78, 5) is 23.3. The van der Waals surface area contributed by atoms with E-state index in [1.54, 1.807) is 0 Å². The maximum atomic E-state index is 11.7. The average Bonchev–Trinajstić information content (AvgIpc) is 2.39. The molecule has 18 heavy (non-hydrogen) atoms. The van der Waals surface area contributed by atoms with Crippen LogP contribution in [0, 0.1) is 6.92 Å². The molecule has 0 aliphatic rings. The predicted molar refractivity (Wildman–Crippen MR) is 74.9 cm³/mol. The molecule has 3 nitrogen and oxygen atoms in total. The van der Waals surface area contributed by atoms with Crippen molar-refractivity contribution in [1.82, 2.24) is 0 Å². The van der Waals surface area contributed by atoms with Gasteiger partial charge in [0.05, 0.1) is 11.3 Å². The van der Waals surface area contributed by atoms with Crippen LogP contribution in [0.2, 0.25) is 0 Å². The first kappa shape index (κ1) is 12.6. The molecule has 0 aromatic heterocycles. The van der Waals surface area contributed by atoms with E-state index in [2.05, 4.69) is 5.32 Å². The number of aryl methyl sites for hydroxylation is 1. The first-order valence-electron chi connectivity index (χ1n) is 6.21. The molecule has 0 saturated carbocycles. The topological polar surface area (TPSA) is 46.2 Å². The number of hydrogen-bond donors (Lipinski definition) is 1. The van der Waals surface area contributed by atoms with E-state index < -0.39 is 5.43 Å². The van der Waals surface area contributed by atoms with Crippen molar-refractivity contribution in [3.8, 4) is 11.1 Å².